The van der Waals surface area contributed by atoms with Gasteiger partial charge in [-0.2, -0.15) is 0 Å². The molecule has 1 rings (SSSR count). The first kappa shape index (κ1) is 9.84. The zero-order valence-electron chi connectivity index (χ0n) is 8.09. The number of ether oxygens (including phenoxy) is 1. The molecule has 0 saturated heterocycles. The maximum atomic E-state index is 11.3. The third kappa shape index (κ3) is 2.93. The number of esters is 1. The highest BCUT2D eigenvalue weighted by Crippen LogP contribution is 2.03. The second kappa shape index (κ2) is 4.70. The van der Waals surface area contributed by atoms with Crippen molar-refractivity contribution in [3.63, 3.8) is 0 Å². The van der Waals surface area contributed by atoms with E-state index in [9.17, 15) is 4.79 Å². The first-order valence-electron chi connectivity index (χ1n) is 4.56. The van der Waals surface area contributed by atoms with E-state index in [1.54, 1.807) is 12.3 Å². The van der Waals surface area contributed by atoms with Gasteiger partial charge in [-0.1, -0.05) is 13.3 Å². The second-order valence-corrected chi connectivity index (χ2v) is 3.08. The van der Waals surface area contributed by atoms with Crippen molar-refractivity contribution in [1.82, 2.24) is 4.98 Å². The highest BCUT2D eigenvalue weighted by Gasteiger charge is 2.07. The molecule has 0 fully saturated rings. The Hall–Kier alpha value is -1.25. The van der Waals surface area contributed by atoms with Gasteiger partial charge in [0, 0.05) is 6.20 Å². The average Bonchev–Trinajstić information content (AvgIpc) is 2.52. The average molecular weight is 181 g/mol. The molecule has 1 aromatic rings. The van der Waals surface area contributed by atoms with Gasteiger partial charge in [0.2, 0.25) is 0 Å². The molecule has 1 N–H and O–H groups in total. The molecular weight excluding hydrogens is 166 g/mol. The lowest BCUT2D eigenvalue weighted by atomic mass is 10.3. The van der Waals surface area contributed by atoms with Crippen LogP contribution in [0.25, 0.3) is 0 Å². The monoisotopic (exact) mass is 181 g/mol. The highest BCUT2D eigenvalue weighted by molar-refractivity contribution is 5.87. The number of hydrogen-bond acceptors (Lipinski definition) is 2. The summed E-state index contributed by atoms with van der Waals surface area (Å²) in [5, 5.41) is 0. The number of hydrogen-bond donors (Lipinski definition) is 1. The van der Waals surface area contributed by atoms with Crippen LogP contribution < -0.4 is 0 Å². The van der Waals surface area contributed by atoms with Crippen LogP contribution in [0.4, 0.5) is 0 Å². The fourth-order valence-corrected chi connectivity index (χ4v) is 1.01. The maximum absolute atomic E-state index is 11.3. The lowest BCUT2D eigenvalue weighted by Crippen LogP contribution is -2.06. The van der Waals surface area contributed by atoms with Gasteiger partial charge in [-0.15, -0.1) is 0 Å². The molecule has 0 atom stereocenters. The summed E-state index contributed by atoms with van der Waals surface area (Å²) in [4.78, 5) is 14.1. The first-order chi connectivity index (χ1) is 6.24. The molecule has 1 aromatic heterocycles. The third-order valence-corrected chi connectivity index (χ3v) is 1.78. The van der Waals surface area contributed by atoms with Crippen molar-refractivity contribution in [2.45, 2.75) is 26.7 Å². The molecule has 72 valence electrons. The molecule has 13 heavy (non-hydrogen) atoms. The molecule has 0 aliphatic rings. The van der Waals surface area contributed by atoms with E-state index in [0.29, 0.717) is 12.3 Å². The van der Waals surface area contributed by atoms with Gasteiger partial charge in [-0.25, -0.2) is 4.79 Å². The van der Waals surface area contributed by atoms with Gasteiger partial charge in [-0.05, 0) is 25.0 Å². The number of carbonyl (C=O) groups excluding carboxylic acids is 1. The summed E-state index contributed by atoms with van der Waals surface area (Å²) < 4.78 is 5.01. The van der Waals surface area contributed by atoms with Gasteiger partial charge in [0.25, 0.3) is 0 Å². The molecule has 3 heteroatoms. The fourth-order valence-electron chi connectivity index (χ4n) is 1.01. The Balaban J connectivity index is 2.40. The Morgan fingerprint density at radius 2 is 2.38 bits per heavy atom. The minimum atomic E-state index is -0.262. The maximum Gasteiger partial charge on any atom is 0.354 e. The molecule has 0 bridgehead atoms. The molecule has 0 unspecified atom stereocenters. The smallest absolute Gasteiger partial charge is 0.354 e. The number of aryl methyl sites for hydroxylation is 1. The van der Waals surface area contributed by atoms with Crippen LogP contribution in [0.1, 0.15) is 35.8 Å². The SMILES string of the molecule is CCCCOC(=O)c1cc(C)c[nH]1. The molecule has 0 amide bonds. The van der Waals surface area contributed by atoms with E-state index in [-0.39, 0.29) is 5.97 Å². The number of carbonyl (C=O) groups is 1. The Labute approximate surface area is 78.1 Å². The van der Waals surface area contributed by atoms with Gasteiger partial charge >= 0.3 is 5.97 Å². The van der Waals surface area contributed by atoms with Crippen LogP contribution in [0, 0.1) is 6.92 Å². The van der Waals surface area contributed by atoms with Gasteiger partial charge in [0.05, 0.1) is 6.61 Å². The van der Waals surface area contributed by atoms with Crippen LogP contribution in [-0.4, -0.2) is 17.6 Å². The number of unbranched alkanes of at least 4 members (excludes halogenated alkanes) is 1. The van der Waals surface area contributed by atoms with Crippen molar-refractivity contribution in [3.8, 4) is 0 Å². The number of H-pyrrole nitrogens is 1. The minimum absolute atomic E-state index is 0.262. The predicted octanol–water partition coefficient (Wildman–Crippen LogP) is 2.28. The topological polar surface area (TPSA) is 42.1 Å². The molecule has 0 aromatic carbocycles. The lowest BCUT2D eigenvalue weighted by Gasteiger charge is -2.00. The van der Waals surface area contributed by atoms with Crippen molar-refractivity contribution in [1.29, 1.82) is 0 Å². The van der Waals surface area contributed by atoms with Gasteiger partial charge in [0.1, 0.15) is 5.69 Å². The van der Waals surface area contributed by atoms with Gasteiger partial charge in [-0.3, -0.25) is 0 Å². The van der Waals surface area contributed by atoms with Crippen LogP contribution >= 0.6 is 0 Å². The largest absolute Gasteiger partial charge is 0.461 e. The van der Waals surface area contributed by atoms with Gasteiger partial charge < -0.3 is 9.72 Å². The van der Waals surface area contributed by atoms with Crippen molar-refractivity contribution >= 4 is 5.97 Å². The number of aromatic nitrogens is 1. The molecule has 3 nitrogen and oxygen atoms in total. The van der Waals surface area contributed by atoms with E-state index in [0.717, 1.165) is 18.4 Å². The first-order valence-corrected chi connectivity index (χ1v) is 4.56. The zero-order chi connectivity index (χ0) is 9.68. The number of rotatable bonds is 4. The molecular formula is C10H15NO2. The molecule has 0 aliphatic heterocycles. The van der Waals surface area contributed by atoms with E-state index < -0.39 is 0 Å². The highest BCUT2D eigenvalue weighted by atomic mass is 16.5. The molecule has 0 aliphatic carbocycles. The molecule has 0 spiro atoms. The summed E-state index contributed by atoms with van der Waals surface area (Å²) in [5.74, 6) is -0.262. The molecule has 0 radical (unpaired) electrons. The van der Waals surface area contributed by atoms with E-state index >= 15 is 0 Å². The van der Waals surface area contributed by atoms with Crippen LogP contribution in [-0.2, 0) is 4.74 Å². The summed E-state index contributed by atoms with van der Waals surface area (Å²) in [6, 6.07) is 1.79. The molecule has 1 heterocycles. The Bertz CT molecular complexity index is 278. The minimum Gasteiger partial charge on any atom is -0.461 e. The summed E-state index contributed by atoms with van der Waals surface area (Å²) >= 11 is 0. The van der Waals surface area contributed by atoms with Crippen LogP contribution in [0.5, 0.6) is 0 Å². The van der Waals surface area contributed by atoms with E-state index in [1.807, 2.05) is 6.92 Å². The van der Waals surface area contributed by atoms with E-state index in [2.05, 4.69) is 11.9 Å². The van der Waals surface area contributed by atoms with Crippen molar-refractivity contribution < 1.29 is 9.53 Å². The fraction of sp³-hybridized carbons (Fsp3) is 0.500. The summed E-state index contributed by atoms with van der Waals surface area (Å²) in [5.41, 5.74) is 1.58. The summed E-state index contributed by atoms with van der Waals surface area (Å²) in [7, 11) is 0. The number of nitrogens with one attached hydrogen (secondary N) is 1. The summed E-state index contributed by atoms with van der Waals surface area (Å²) in [6.07, 6.45) is 3.75. The Morgan fingerprint density at radius 3 is 2.92 bits per heavy atom. The van der Waals surface area contributed by atoms with Crippen molar-refractivity contribution in [2.24, 2.45) is 0 Å². The lowest BCUT2D eigenvalue weighted by molar-refractivity contribution is 0.0493. The van der Waals surface area contributed by atoms with Gasteiger partial charge in [0.15, 0.2) is 0 Å². The van der Waals surface area contributed by atoms with Crippen LogP contribution in [0.2, 0.25) is 0 Å². The Morgan fingerprint density at radius 1 is 1.62 bits per heavy atom. The predicted molar refractivity (Wildman–Crippen MR) is 50.7 cm³/mol. The summed E-state index contributed by atoms with van der Waals surface area (Å²) in [6.45, 7) is 4.50. The third-order valence-electron chi connectivity index (χ3n) is 1.78. The van der Waals surface area contributed by atoms with E-state index in [4.69, 9.17) is 4.74 Å². The number of aromatic amines is 1. The van der Waals surface area contributed by atoms with Crippen molar-refractivity contribution in [3.05, 3.63) is 23.5 Å². The standard InChI is InChI=1S/C10H15NO2/c1-3-4-5-13-10(12)9-6-8(2)7-11-9/h6-7,11H,3-5H2,1-2H3. The zero-order valence-corrected chi connectivity index (χ0v) is 8.09. The quantitative estimate of drug-likeness (QED) is 0.572. The van der Waals surface area contributed by atoms with Crippen molar-refractivity contribution in [2.75, 3.05) is 6.61 Å². The van der Waals surface area contributed by atoms with Crippen LogP contribution in [0.3, 0.4) is 0 Å². The second-order valence-electron chi connectivity index (χ2n) is 3.08. The normalized spacial score (nSPS) is 10.0. The Kier molecular flexibility index (Phi) is 3.55. The van der Waals surface area contributed by atoms with E-state index in [1.165, 1.54) is 0 Å². The van der Waals surface area contributed by atoms with Crippen LogP contribution in [0.15, 0.2) is 12.3 Å². The molecule has 0 saturated carbocycles.